The largest absolute Gasteiger partial charge is 0.419 e. The van der Waals surface area contributed by atoms with Crippen LogP contribution < -0.4 is 5.32 Å². The Bertz CT molecular complexity index is 473. The number of hydrogen-bond acceptors (Lipinski definition) is 3. The molecule has 2 rings (SSSR count). The number of aromatic nitrogens is 1. The molecule has 1 fully saturated rings. The van der Waals surface area contributed by atoms with Crippen molar-refractivity contribution in [2.24, 2.45) is 0 Å². The molecule has 20 heavy (non-hydrogen) atoms. The molecule has 1 aromatic heterocycles. The number of anilines is 1. The summed E-state index contributed by atoms with van der Waals surface area (Å²) in [5.74, 6) is -0.236. The lowest BCUT2D eigenvalue weighted by Gasteiger charge is -2.32. The van der Waals surface area contributed by atoms with E-state index >= 15 is 0 Å². The first kappa shape index (κ1) is 15.6. The van der Waals surface area contributed by atoms with Crippen LogP contribution in [-0.4, -0.2) is 22.2 Å². The van der Waals surface area contributed by atoms with Gasteiger partial charge in [0, 0.05) is 17.2 Å². The molecule has 3 nitrogen and oxygen atoms in total. The molecule has 1 aliphatic rings. The van der Waals surface area contributed by atoms with Gasteiger partial charge in [-0.2, -0.15) is 13.2 Å². The summed E-state index contributed by atoms with van der Waals surface area (Å²) in [6.45, 7) is 0.0880. The molecule has 0 atom stereocenters. The average Bonchev–Trinajstić information content (AvgIpc) is 2.37. The molecular formula is C13H16BrF3N2O. The van der Waals surface area contributed by atoms with Gasteiger partial charge >= 0.3 is 6.18 Å². The predicted molar refractivity (Wildman–Crippen MR) is 73.5 cm³/mol. The molecule has 112 valence electrons. The fraction of sp³-hybridized carbons (Fsp3) is 0.615. The van der Waals surface area contributed by atoms with Gasteiger partial charge in [-0.05, 0) is 34.8 Å². The summed E-state index contributed by atoms with van der Waals surface area (Å²) in [7, 11) is 0. The van der Waals surface area contributed by atoms with E-state index < -0.39 is 17.3 Å². The summed E-state index contributed by atoms with van der Waals surface area (Å²) in [4.78, 5) is 3.77. The van der Waals surface area contributed by atoms with Crippen molar-refractivity contribution in [2.45, 2.75) is 43.9 Å². The van der Waals surface area contributed by atoms with E-state index in [0.717, 1.165) is 25.3 Å². The summed E-state index contributed by atoms with van der Waals surface area (Å²) in [5, 5.41) is 13.0. The van der Waals surface area contributed by atoms with Gasteiger partial charge in [-0.1, -0.05) is 19.3 Å². The van der Waals surface area contributed by atoms with Crippen LogP contribution in [0.5, 0.6) is 0 Å². The monoisotopic (exact) mass is 352 g/mol. The van der Waals surface area contributed by atoms with Gasteiger partial charge in [0.1, 0.15) is 5.82 Å². The van der Waals surface area contributed by atoms with Crippen LogP contribution >= 0.6 is 15.9 Å². The molecule has 0 bridgehead atoms. The highest BCUT2D eigenvalue weighted by Crippen LogP contribution is 2.36. The third-order valence-electron chi connectivity index (χ3n) is 3.53. The van der Waals surface area contributed by atoms with Gasteiger partial charge < -0.3 is 10.4 Å². The second-order valence-electron chi connectivity index (χ2n) is 5.19. The molecule has 0 saturated heterocycles. The van der Waals surface area contributed by atoms with E-state index in [9.17, 15) is 18.3 Å². The van der Waals surface area contributed by atoms with Crippen molar-refractivity contribution in [3.8, 4) is 0 Å². The van der Waals surface area contributed by atoms with Crippen LogP contribution in [0.25, 0.3) is 0 Å². The molecule has 2 N–H and O–H groups in total. The first-order valence-electron chi connectivity index (χ1n) is 6.49. The molecule has 0 amide bonds. The number of halogens is 4. The number of nitrogens with one attached hydrogen (secondary N) is 1. The minimum Gasteiger partial charge on any atom is -0.388 e. The van der Waals surface area contributed by atoms with Crippen LogP contribution in [0.1, 0.15) is 37.7 Å². The second kappa shape index (κ2) is 5.89. The molecule has 1 aliphatic carbocycles. The second-order valence-corrected chi connectivity index (χ2v) is 6.10. The van der Waals surface area contributed by atoms with E-state index in [1.165, 1.54) is 6.20 Å². The Morgan fingerprint density at radius 2 is 1.95 bits per heavy atom. The zero-order chi connectivity index (χ0) is 14.8. The van der Waals surface area contributed by atoms with Gasteiger partial charge in [-0.15, -0.1) is 0 Å². The third-order valence-corrected chi connectivity index (χ3v) is 3.96. The molecule has 1 saturated carbocycles. The van der Waals surface area contributed by atoms with Crippen LogP contribution in [0.15, 0.2) is 16.7 Å². The predicted octanol–water partition coefficient (Wildman–Crippen LogP) is 3.97. The van der Waals surface area contributed by atoms with E-state index in [-0.39, 0.29) is 16.8 Å². The lowest BCUT2D eigenvalue weighted by Crippen LogP contribution is -2.39. The first-order valence-corrected chi connectivity index (χ1v) is 7.28. The quantitative estimate of drug-likeness (QED) is 0.864. The highest BCUT2D eigenvalue weighted by atomic mass is 79.9. The van der Waals surface area contributed by atoms with Crippen molar-refractivity contribution in [3.63, 3.8) is 0 Å². The molecule has 0 aliphatic heterocycles. The van der Waals surface area contributed by atoms with E-state index in [1.807, 2.05) is 0 Å². The Balaban J connectivity index is 2.13. The van der Waals surface area contributed by atoms with Crippen molar-refractivity contribution in [2.75, 3.05) is 11.9 Å². The average molecular weight is 353 g/mol. The summed E-state index contributed by atoms with van der Waals surface area (Å²) >= 11 is 2.99. The van der Waals surface area contributed by atoms with Crippen LogP contribution in [-0.2, 0) is 6.18 Å². The fourth-order valence-corrected chi connectivity index (χ4v) is 2.76. The standard InChI is InChI=1S/C13H16BrF3N2O/c14-9-6-10(13(15,16)17)11(18-7-9)19-8-12(20)4-2-1-3-5-12/h6-7,20H,1-5,8H2,(H,18,19). The molecule has 1 aromatic rings. The van der Waals surface area contributed by atoms with Gasteiger partial charge in [0.05, 0.1) is 11.2 Å². The number of alkyl halides is 3. The van der Waals surface area contributed by atoms with Gasteiger partial charge in [-0.3, -0.25) is 0 Å². The highest BCUT2D eigenvalue weighted by Gasteiger charge is 2.36. The van der Waals surface area contributed by atoms with Gasteiger partial charge in [-0.25, -0.2) is 4.98 Å². The number of hydrogen-bond donors (Lipinski definition) is 2. The molecule has 0 radical (unpaired) electrons. The molecule has 0 unspecified atom stereocenters. The Kier molecular flexibility index (Phi) is 4.59. The Labute approximate surface area is 123 Å². The molecule has 1 heterocycles. The Morgan fingerprint density at radius 1 is 1.30 bits per heavy atom. The van der Waals surface area contributed by atoms with Crippen LogP contribution in [0.3, 0.4) is 0 Å². The summed E-state index contributed by atoms with van der Waals surface area (Å²) in [6, 6.07) is 0.986. The maximum Gasteiger partial charge on any atom is 0.419 e. The number of pyridine rings is 1. The highest BCUT2D eigenvalue weighted by molar-refractivity contribution is 9.10. The van der Waals surface area contributed by atoms with Gasteiger partial charge in [0.15, 0.2) is 0 Å². The summed E-state index contributed by atoms with van der Waals surface area (Å²) in [5.41, 5.74) is -1.76. The molecule has 0 aromatic carbocycles. The van der Waals surface area contributed by atoms with E-state index in [2.05, 4.69) is 26.2 Å². The van der Waals surface area contributed by atoms with E-state index in [1.54, 1.807) is 0 Å². The molecular weight excluding hydrogens is 337 g/mol. The minimum atomic E-state index is -4.48. The summed E-state index contributed by atoms with van der Waals surface area (Å²) in [6.07, 6.45) is 0.912. The lowest BCUT2D eigenvalue weighted by molar-refractivity contribution is -0.137. The van der Waals surface area contributed by atoms with Crippen LogP contribution in [0, 0.1) is 0 Å². The maximum absolute atomic E-state index is 12.9. The SMILES string of the molecule is OC1(CNc2ncc(Br)cc2C(F)(F)F)CCCCC1. The van der Waals surface area contributed by atoms with Crippen LogP contribution in [0.2, 0.25) is 0 Å². The van der Waals surface area contributed by atoms with Crippen molar-refractivity contribution < 1.29 is 18.3 Å². The number of aliphatic hydroxyl groups is 1. The lowest BCUT2D eigenvalue weighted by atomic mass is 9.85. The fourth-order valence-electron chi connectivity index (χ4n) is 2.43. The van der Waals surface area contributed by atoms with Crippen molar-refractivity contribution in [3.05, 3.63) is 22.3 Å². The van der Waals surface area contributed by atoms with Crippen molar-refractivity contribution >= 4 is 21.7 Å². The zero-order valence-electron chi connectivity index (χ0n) is 10.8. The third kappa shape index (κ3) is 3.85. The van der Waals surface area contributed by atoms with Crippen molar-refractivity contribution in [1.29, 1.82) is 0 Å². The first-order chi connectivity index (χ1) is 9.30. The molecule has 0 spiro atoms. The minimum absolute atomic E-state index is 0.0880. The maximum atomic E-state index is 12.9. The smallest absolute Gasteiger partial charge is 0.388 e. The molecule has 7 heteroatoms. The Hall–Kier alpha value is -0.820. The number of rotatable bonds is 3. The van der Waals surface area contributed by atoms with Crippen LogP contribution in [0.4, 0.5) is 19.0 Å². The van der Waals surface area contributed by atoms with E-state index in [4.69, 9.17) is 0 Å². The summed E-state index contributed by atoms with van der Waals surface area (Å²) < 4.78 is 39.0. The van der Waals surface area contributed by atoms with Crippen molar-refractivity contribution in [1.82, 2.24) is 4.98 Å². The topological polar surface area (TPSA) is 45.1 Å². The van der Waals surface area contributed by atoms with Gasteiger partial charge in [0.25, 0.3) is 0 Å². The van der Waals surface area contributed by atoms with Gasteiger partial charge in [0.2, 0.25) is 0 Å². The number of nitrogens with zero attached hydrogens (tertiary/aromatic N) is 1. The zero-order valence-corrected chi connectivity index (χ0v) is 12.4. The normalized spacial score (nSPS) is 18.9. The Morgan fingerprint density at radius 3 is 2.55 bits per heavy atom. The van der Waals surface area contributed by atoms with E-state index in [0.29, 0.717) is 12.8 Å².